The topological polar surface area (TPSA) is 356 Å². The van der Waals surface area contributed by atoms with Gasteiger partial charge in [0.2, 0.25) is 5.95 Å². The number of rotatable bonds is 6. The SMILES string of the molecule is Cc1nc(N)nc2c1ncn2[C@H]1C=C[C@@H](CO)C1.NC1CC1.Nc1ncnc2c1ncn2[C@@H]1C[C@H](CO)CC1O.Nc1ncnc2c1ncn2[C@@H]1C[C@H](CO)[C@H](O)C1O. The third-order valence-corrected chi connectivity index (χ3v) is 11.3. The maximum Gasteiger partial charge on any atom is 0.222 e. The third-order valence-electron chi connectivity index (χ3n) is 11.3. The molecular formula is C37H52N16O6. The van der Waals surface area contributed by atoms with Crippen molar-refractivity contribution in [3.63, 3.8) is 0 Å². The van der Waals surface area contributed by atoms with E-state index in [1.807, 2.05) is 22.1 Å². The van der Waals surface area contributed by atoms with Gasteiger partial charge in [0.1, 0.15) is 35.3 Å². The number of anilines is 3. The lowest BCUT2D eigenvalue weighted by molar-refractivity contribution is -0.00370. The molecule has 6 aromatic heterocycles. The molecule has 10 rings (SSSR count). The molecule has 22 nitrogen and oxygen atoms in total. The predicted octanol–water partition coefficient (Wildman–Crippen LogP) is -0.670. The van der Waals surface area contributed by atoms with Gasteiger partial charge in [-0.3, -0.25) is 0 Å². The van der Waals surface area contributed by atoms with E-state index < -0.39 is 18.3 Å². The second-order valence-corrected chi connectivity index (χ2v) is 15.5. The summed E-state index contributed by atoms with van der Waals surface area (Å²) in [7, 11) is 0. The van der Waals surface area contributed by atoms with Crippen LogP contribution in [-0.4, -0.2) is 133 Å². The van der Waals surface area contributed by atoms with Crippen LogP contribution in [0.2, 0.25) is 0 Å². The smallest absolute Gasteiger partial charge is 0.222 e. The first-order chi connectivity index (χ1) is 28.4. The van der Waals surface area contributed by atoms with Gasteiger partial charge >= 0.3 is 0 Å². The molecule has 0 amide bonds. The number of nitrogen functional groups attached to an aromatic ring is 3. The third kappa shape index (κ3) is 8.78. The highest BCUT2D eigenvalue weighted by Gasteiger charge is 2.42. The Morgan fingerprint density at radius 2 is 1.22 bits per heavy atom. The van der Waals surface area contributed by atoms with Gasteiger partial charge in [0.25, 0.3) is 0 Å². The number of fused-ring (bicyclic) bond motifs is 3. The lowest BCUT2D eigenvalue weighted by Crippen LogP contribution is -2.30. The van der Waals surface area contributed by atoms with Gasteiger partial charge in [-0.05, 0) is 51.4 Å². The molecule has 14 N–H and O–H groups in total. The Balaban J connectivity index is 0.000000128. The first-order valence-corrected chi connectivity index (χ1v) is 19.6. The quantitative estimate of drug-likeness (QED) is 0.0932. The highest BCUT2D eigenvalue weighted by molar-refractivity contribution is 5.82. The molecule has 0 aromatic carbocycles. The van der Waals surface area contributed by atoms with Gasteiger partial charge in [-0.2, -0.15) is 4.98 Å². The van der Waals surface area contributed by atoms with Gasteiger partial charge in [0.05, 0.1) is 55.0 Å². The summed E-state index contributed by atoms with van der Waals surface area (Å²) in [6.45, 7) is 1.98. The zero-order valence-electron chi connectivity index (χ0n) is 32.5. The van der Waals surface area contributed by atoms with Crippen LogP contribution in [0.4, 0.5) is 17.6 Å². The fourth-order valence-electron chi connectivity index (χ4n) is 7.84. The fourth-order valence-corrected chi connectivity index (χ4v) is 7.84. The van der Waals surface area contributed by atoms with Gasteiger partial charge in [0, 0.05) is 37.7 Å². The van der Waals surface area contributed by atoms with Gasteiger partial charge < -0.3 is 67.3 Å². The van der Waals surface area contributed by atoms with Gasteiger partial charge in [-0.15, -0.1) is 0 Å². The Kier molecular flexibility index (Phi) is 12.6. The molecule has 0 bridgehead atoms. The van der Waals surface area contributed by atoms with Crippen LogP contribution in [0.25, 0.3) is 33.5 Å². The molecule has 0 spiro atoms. The molecule has 6 aromatic rings. The van der Waals surface area contributed by atoms with Gasteiger partial charge in [-0.1, -0.05) is 12.2 Å². The summed E-state index contributed by atoms with van der Waals surface area (Å²) >= 11 is 0. The Bertz CT molecular complexity index is 2380. The van der Waals surface area contributed by atoms with Crippen LogP contribution in [0.1, 0.15) is 62.3 Å². The van der Waals surface area contributed by atoms with E-state index in [0.717, 1.165) is 23.3 Å². The largest absolute Gasteiger partial charge is 0.396 e. The predicted molar refractivity (Wildman–Crippen MR) is 216 cm³/mol. The summed E-state index contributed by atoms with van der Waals surface area (Å²) in [6.07, 6.45) is 14.5. The average Bonchev–Trinajstić information content (AvgIpc) is 3.87. The van der Waals surface area contributed by atoms with Crippen LogP contribution in [0.15, 0.2) is 43.8 Å². The van der Waals surface area contributed by atoms with Crippen LogP contribution >= 0.6 is 0 Å². The van der Waals surface area contributed by atoms with Gasteiger partial charge in [-0.25, -0.2) is 39.9 Å². The Labute approximate surface area is 337 Å². The maximum atomic E-state index is 10.1. The van der Waals surface area contributed by atoms with Crippen molar-refractivity contribution in [1.82, 2.24) is 58.6 Å². The lowest BCUT2D eigenvalue weighted by atomic mass is 10.1. The number of hydrogen-bond donors (Lipinski definition) is 10. The average molecular weight is 817 g/mol. The van der Waals surface area contributed by atoms with Crippen molar-refractivity contribution in [1.29, 1.82) is 0 Å². The highest BCUT2D eigenvalue weighted by Crippen LogP contribution is 2.38. The number of hydrogen-bond acceptors (Lipinski definition) is 19. The van der Waals surface area contributed by atoms with E-state index in [0.29, 0.717) is 53.4 Å². The number of nitrogens with two attached hydrogens (primary N) is 4. The highest BCUT2D eigenvalue weighted by atomic mass is 16.3. The first kappa shape index (κ1) is 41.7. The second-order valence-electron chi connectivity index (χ2n) is 15.5. The molecule has 0 aliphatic heterocycles. The van der Waals surface area contributed by atoms with Crippen LogP contribution in [0.3, 0.4) is 0 Å². The summed E-state index contributed by atoms with van der Waals surface area (Å²) in [6, 6.07) is 0.272. The van der Waals surface area contributed by atoms with E-state index in [-0.39, 0.29) is 67.5 Å². The molecule has 59 heavy (non-hydrogen) atoms. The Hall–Kier alpha value is -5.49. The van der Waals surface area contributed by atoms with E-state index in [1.54, 1.807) is 17.2 Å². The van der Waals surface area contributed by atoms with E-state index in [2.05, 4.69) is 50.9 Å². The fraction of sp³-hybridized carbons (Fsp3) is 0.541. The number of allylic oxidation sites excluding steroid dienone is 1. The zero-order valence-corrected chi connectivity index (χ0v) is 32.5. The summed E-state index contributed by atoms with van der Waals surface area (Å²) < 4.78 is 5.50. The molecule has 22 heteroatoms. The molecule has 0 saturated heterocycles. The van der Waals surface area contributed by atoms with Crippen LogP contribution in [0.5, 0.6) is 0 Å². The number of aliphatic hydroxyl groups excluding tert-OH is 6. The molecule has 4 aliphatic rings. The van der Waals surface area contributed by atoms with Crippen LogP contribution in [-0.2, 0) is 0 Å². The van der Waals surface area contributed by atoms with Crippen molar-refractivity contribution >= 4 is 51.1 Å². The van der Waals surface area contributed by atoms with Crippen molar-refractivity contribution in [2.75, 3.05) is 37.0 Å². The number of aromatic nitrogens is 12. The van der Waals surface area contributed by atoms with Crippen molar-refractivity contribution in [3.05, 3.63) is 49.5 Å². The van der Waals surface area contributed by atoms with Crippen molar-refractivity contribution in [2.24, 2.45) is 23.5 Å². The molecule has 3 fully saturated rings. The lowest BCUT2D eigenvalue weighted by Gasteiger charge is -2.18. The minimum atomic E-state index is -0.967. The summed E-state index contributed by atoms with van der Waals surface area (Å²) in [5, 5.41) is 57.5. The Morgan fingerprint density at radius 3 is 1.75 bits per heavy atom. The van der Waals surface area contributed by atoms with Gasteiger partial charge in [0.15, 0.2) is 28.6 Å². The number of imidazole rings is 3. The normalized spacial score (nSPS) is 27.4. The monoisotopic (exact) mass is 816 g/mol. The molecular weight excluding hydrogens is 765 g/mol. The number of aliphatic hydroxyl groups is 6. The van der Waals surface area contributed by atoms with Crippen LogP contribution < -0.4 is 22.9 Å². The van der Waals surface area contributed by atoms with E-state index in [4.69, 9.17) is 28.0 Å². The molecule has 2 unspecified atom stereocenters. The van der Waals surface area contributed by atoms with Crippen molar-refractivity contribution in [2.45, 2.75) is 87.9 Å². The van der Waals surface area contributed by atoms with Crippen molar-refractivity contribution < 1.29 is 30.6 Å². The first-order valence-electron chi connectivity index (χ1n) is 19.6. The number of nitrogens with zero attached hydrogens (tertiary/aromatic N) is 12. The second kappa shape index (κ2) is 17.8. The summed E-state index contributed by atoms with van der Waals surface area (Å²) in [5.74, 6) is 0.869. The molecule has 0 radical (unpaired) electrons. The molecule has 4 aliphatic carbocycles. The van der Waals surface area contributed by atoms with E-state index in [1.165, 1.54) is 31.8 Å². The van der Waals surface area contributed by atoms with Crippen molar-refractivity contribution in [3.8, 4) is 0 Å². The summed E-state index contributed by atoms with van der Waals surface area (Å²) in [4.78, 5) is 37.0. The minimum Gasteiger partial charge on any atom is -0.396 e. The maximum absolute atomic E-state index is 10.1. The molecule has 6 heterocycles. The molecule has 3 saturated carbocycles. The minimum absolute atomic E-state index is 0.0946. The summed E-state index contributed by atoms with van der Waals surface area (Å²) in [5.41, 5.74) is 26.8. The van der Waals surface area contributed by atoms with Crippen LogP contribution in [0, 0.1) is 24.7 Å². The molecule has 316 valence electrons. The molecule has 9 atom stereocenters. The number of aryl methyl sites for hydroxylation is 1. The zero-order chi connectivity index (χ0) is 42.0. The van der Waals surface area contributed by atoms with E-state index in [9.17, 15) is 25.5 Å². The van der Waals surface area contributed by atoms with E-state index >= 15 is 0 Å². The Morgan fingerprint density at radius 1 is 0.627 bits per heavy atom. The standard InChI is InChI=1S/C12H15N5O.C11H15N5O3.C11H15N5O2.C3H7N/c1-7-10-11(16-12(13)15-7)17(6-14-10)9-3-2-8(4-9)5-18;12-10-7-11(14-3-13-10)16(4-15-7)6-1-5(2-17)8(18)9(6)19;12-10-9-11(14-4-13-10)16(5-15-9)7-1-6(3-17)2-8(7)18;4-3-1-2-3/h2-3,6,8-9,18H,4-5H2,1H3,(H2,13,15,16);3-6,8-9,17-19H,1-2H2,(H2,12,13,14);4-8,17-18H,1-3H2,(H2,12,13,14);3H,1-2,4H2/t8-,9+;5-,6-,8+,9?;6-,7+,8?;/m110./s1.